The molecule has 170 valence electrons. The molecule has 3 aromatic carbocycles. The number of methoxy groups -OCH3 is 4. The second kappa shape index (κ2) is 10.5. The number of carbonyl (C=O) groups is 2. The zero-order valence-corrected chi connectivity index (χ0v) is 19.3. The Morgan fingerprint density at radius 2 is 1.42 bits per heavy atom. The van der Waals surface area contributed by atoms with E-state index in [1.807, 2.05) is 31.2 Å². The predicted molar refractivity (Wildman–Crippen MR) is 128 cm³/mol. The van der Waals surface area contributed by atoms with Crippen molar-refractivity contribution >= 4 is 18.1 Å². The van der Waals surface area contributed by atoms with E-state index in [0.717, 1.165) is 11.1 Å². The molecule has 33 heavy (non-hydrogen) atoms. The van der Waals surface area contributed by atoms with Gasteiger partial charge in [0.25, 0.3) is 0 Å². The number of allylic oxidation sites excluding steroid dienone is 1. The van der Waals surface area contributed by atoms with Gasteiger partial charge in [0, 0.05) is 22.8 Å². The molecule has 0 atom stereocenters. The first kappa shape index (κ1) is 23.6. The first-order chi connectivity index (χ1) is 15.9. The van der Waals surface area contributed by atoms with Gasteiger partial charge in [0.2, 0.25) is 0 Å². The zero-order chi connectivity index (χ0) is 24.0. The Bertz CT molecular complexity index is 1190. The molecule has 0 bridgehead atoms. The van der Waals surface area contributed by atoms with Gasteiger partial charge in [-0.3, -0.25) is 9.59 Å². The highest BCUT2D eigenvalue weighted by molar-refractivity contribution is 6.08. The Hall–Kier alpha value is -4.06. The Balaban J connectivity index is 2.14. The van der Waals surface area contributed by atoms with Gasteiger partial charge in [0.1, 0.15) is 11.5 Å². The highest BCUT2D eigenvalue weighted by atomic mass is 16.5. The van der Waals surface area contributed by atoms with Crippen LogP contribution in [0, 0.1) is 6.92 Å². The number of hydrogen-bond acceptors (Lipinski definition) is 6. The van der Waals surface area contributed by atoms with Gasteiger partial charge in [-0.2, -0.15) is 0 Å². The van der Waals surface area contributed by atoms with E-state index in [-0.39, 0.29) is 5.78 Å². The molecule has 0 saturated carbocycles. The average molecular weight is 446 g/mol. The van der Waals surface area contributed by atoms with E-state index in [1.165, 1.54) is 34.5 Å². The number of aldehydes is 1. The van der Waals surface area contributed by atoms with Crippen molar-refractivity contribution in [2.24, 2.45) is 0 Å². The van der Waals surface area contributed by atoms with Gasteiger partial charge in [-0.05, 0) is 36.8 Å². The summed E-state index contributed by atoms with van der Waals surface area (Å²) in [6.07, 6.45) is 3.97. The number of ether oxygens (including phenoxy) is 4. The summed E-state index contributed by atoms with van der Waals surface area (Å²) in [5.41, 5.74) is 3.91. The van der Waals surface area contributed by atoms with Crippen LogP contribution in [0.15, 0.2) is 54.6 Å². The van der Waals surface area contributed by atoms with Crippen LogP contribution in [0.1, 0.15) is 31.8 Å². The molecule has 0 aliphatic heterocycles. The molecular weight excluding hydrogens is 420 g/mol. The summed E-state index contributed by atoms with van der Waals surface area (Å²) in [5.74, 6) is 1.42. The minimum Gasteiger partial charge on any atom is -0.496 e. The number of rotatable bonds is 9. The van der Waals surface area contributed by atoms with Crippen molar-refractivity contribution in [2.45, 2.75) is 6.92 Å². The van der Waals surface area contributed by atoms with Crippen LogP contribution >= 0.6 is 0 Å². The standard InChI is InChI=1S/C27H26O6/c1-17-6-8-18(9-7-17)10-11-23(29)19-12-22(27(33-5)26(14-19)32-4)21-13-20(16-28)24(30-2)15-25(21)31-3/h6-16H,1-5H3. The first-order valence-electron chi connectivity index (χ1n) is 10.2. The van der Waals surface area contributed by atoms with Crippen LogP contribution in [-0.2, 0) is 0 Å². The lowest BCUT2D eigenvalue weighted by Gasteiger charge is -2.18. The second-order valence-corrected chi connectivity index (χ2v) is 7.28. The van der Waals surface area contributed by atoms with Crippen molar-refractivity contribution in [1.82, 2.24) is 0 Å². The van der Waals surface area contributed by atoms with Crippen LogP contribution in [0.3, 0.4) is 0 Å². The molecule has 3 rings (SSSR count). The third kappa shape index (κ3) is 5.06. The van der Waals surface area contributed by atoms with Crippen LogP contribution in [0.25, 0.3) is 17.2 Å². The third-order valence-electron chi connectivity index (χ3n) is 5.24. The summed E-state index contributed by atoms with van der Waals surface area (Å²) in [6, 6.07) is 14.4. The molecule has 6 heteroatoms. The van der Waals surface area contributed by atoms with Gasteiger partial charge in [0.15, 0.2) is 23.6 Å². The third-order valence-corrected chi connectivity index (χ3v) is 5.24. The maximum Gasteiger partial charge on any atom is 0.186 e. The van der Waals surface area contributed by atoms with Gasteiger partial charge in [-0.15, -0.1) is 0 Å². The largest absolute Gasteiger partial charge is 0.496 e. The summed E-state index contributed by atoms with van der Waals surface area (Å²) in [6.45, 7) is 2.01. The van der Waals surface area contributed by atoms with E-state index in [9.17, 15) is 9.59 Å². The fourth-order valence-corrected chi connectivity index (χ4v) is 3.48. The molecule has 0 aromatic heterocycles. The van der Waals surface area contributed by atoms with Gasteiger partial charge >= 0.3 is 0 Å². The van der Waals surface area contributed by atoms with Gasteiger partial charge in [0.05, 0.1) is 34.0 Å². The van der Waals surface area contributed by atoms with E-state index in [2.05, 4.69) is 0 Å². The molecule has 0 N–H and O–H groups in total. The molecule has 6 nitrogen and oxygen atoms in total. The quantitative estimate of drug-likeness (QED) is 0.249. The monoisotopic (exact) mass is 446 g/mol. The van der Waals surface area contributed by atoms with E-state index < -0.39 is 0 Å². The molecule has 0 heterocycles. The summed E-state index contributed by atoms with van der Waals surface area (Å²) >= 11 is 0. The topological polar surface area (TPSA) is 71.1 Å². The lowest BCUT2D eigenvalue weighted by Crippen LogP contribution is -2.02. The number of ketones is 1. The Labute approximate surface area is 193 Å². The smallest absolute Gasteiger partial charge is 0.186 e. The molecule has 0 aliphatic carbocycles. The molecule has 0 fully saturated rings. The van der Waals surface area contributed by atoms with Crippen molar-refractivity contribution in [2.75, 3.05) is 28.4 Å². The van der Waals surface area contributed by atoms with Crippen molar-refractivity contribution in [3.8, 4) is 34.1 Å². The maximum atomic E-state index is 13.0. The summed E-state index contributed by atoms with van der Waals surface area (Å²) in [4.78, 5) is 24.6. The van der Waals surface area contributed by atoms with Gasteiger partial charge in [-0.25, -0.2) is 0 Å². The number of benzene rings is 3. The Morgan fingerprint density at radius 1 is 0.758 bits per heavy atom. The number of carbonyl (C=O) groups excluding carboxylic acids is 2. The normalized spacial score (nSPS) is 10.7. The van der Waals surface area contributed by atoms with E-state index >= 15 is 0 Å². The molecule has 0 aliphatic rings. The lowest BCUT2D eigenvalue weighted by atomic mass is 9.96. The highest BCUT2D eigenvalue weighted by Gasteiger charge is 2.21. The minimum absolute atomic E-state index is 0.208. The maximum absolute atomic E-state index is 13.0. The predicted octanol–water partition coefficient (Wildman–Crippen LogP) is 5.41. The van der Waals surface area contributed by atoms with Crippen molar-refractivity contribution in [3.63, 3.8) is 0 Å². The second-order valence-electron chi connectivity index (χ2n) is 7.28. The number of aryl methyl sites for hydroxylation is 1. The summed E-state index contributed by atoms with van der Waals surface area (Å²) in [7, 11) is 6.00. The van der Waals surface area contributed by atoms with Crippen molar-refractivity contribution in [1.29, 1.82) is 0 Å². The summed E-state index contributed by atoms with van der Waals surface area (Å²) < 4.78 is 21.9. The lowest BCUT2D eigenvalue weighted by molar-refractivity contribution is 0.104. The molecule has 0 radical (unpaired) electrons. The van der Waals surface area contributed by atoms with Crippen LogP contribution in [0.2, 0.25) is 0 Å². The molecular formula is C27H26O6. The highest BCUT2D eigenvalue weighted by Crippen LogP contribution is 2.44. The van der Waals surface area contributed by atoms with E-state index in [1.54, 1.807) is 30.3 Å². The Morgan fingerprint density at radius 3 is 2.00 bits per heavy atom. The molecule has 3 aromatic rings. The molecule has 0 amide bonds. The SMILES string of the molecule is COc1cc(OC)c(-c2cc(C(=O)C=Cc3ccc(C)cc3)cc(OC)c2OC)cc1C=O. The van der Waals surface area contributed by atoms with Gasteiger partial charge < -0.3 is 18.9 Å². The van der Waals surface area contributed by atoms with Crippen molar-refractivity contribution < 1.29 is 28.5 Å². The van der Waals surface area contributed by atoms with E-state index in [4.69, 9.17) is 18.9 Å². The fraction of sp³-hybridized carbons (Fsp3) is 0.185. The average Bonchev–Trinajstić information content (AvgIpc) is 2.86. The Kier molecular flexibility index (Phi) is 7.51. The van der Waals surface area contributed by atoms with Crippen molar-refractivity contribution in [3.05, 3.63) is 76.9 Å². The minimum atomic E-state index is -0.208. The molecule has 0 spiro atoms. The summed E-state index contributed by atoms with van der Waals surface area (Å²) in [5, 5.41) is 0. The first-order valence-corrected chi connectivity index (χ1v) is 10.2. The van der Waals surface area contributed by atoms with E-state index in [0.29, 0.717) is 51.5 Å². The van der Waals surface area contributed by atoms with Crippen LogP contribution in [0.5, 0.6) is 23.0 Å². The number of hydrogen-bond donors (Lipinski definition) is 0. The zero-order valence-electron chi connectivity index (χ0n) is 19.3. The van der Waals surface area contributed by atoms with Crippen LogP contribution in [0.4, 0.5) is 0 Å². The van der Waals surface area contributed by atoms with Crippen LogP contribution in [-0.4, -0.2) is 40.5 Å². The molecule has 0 unspecified atom stereocenters. The fourth-order valence-electron chi connectivity index (χ4n) is 3.48. The molecule has 0 saturated heterocycles. The van der Waals surface area contributed by atoms with Crippen LogP contribution < -0.4 is 18.9 Å². The van der Waals surface area contributed by atoms with Gasteiger partial charge in [-0.1, -0.05) is 35.9 Å².